The number of carbonyl (C=O) groups is 1. The van der Waals surface area contributed by atoms with Crippen LogP contribution in [0, 0.1) is 5.82 Å². The lowest BCUT2D eigenvalue weighted by Crippen LogP contribution is -2.27. The van der Waals surface area contributed by atoms with Crippen LogP contribution in [0.25, 0.3) is 11.3 Å². The summed E-state index contributed by atoms with van der Waals surface area (Å²) in [6.07, 6.45) is 0.485. The molecule has 1 amide bonds. The molecule has 0 spiro atoms. The Morgan fingerprint density at radius 3 is 2.68 bits per heavy atom. The summed E-state index contributed by atoms with van der Waals surface area (Å²) in [5, 5.41) is 4.81. The summed E-state index contributed by atoms with van der Waals surface area (Å²) in [7, 11) is 0. The van der Waals surface area contributed by atoms with Crippen LogP contribution in [0.5, 0.6) is 0 Å². The number of hydrogen-bond donors (Lipinski definition) is 1. The lowest BCUT2D eigenvalue weighted by molar-refractivity contribution is -0.118. The van der Waals surface area contributed by atoms with E-state index in [1.165, 1.54) is 29.2 Å². The number of aromatic nitrogens is 1. The summed E-state index contributed by atoms with van der Waals surface area (Å²) >= 11 is 2.95. The van der Waals surface area contributed by atoms with Gasteiger partial charge in [0.15, 0.2) is 4.34 Å². The number of thioether (sulfide) groups is 1. The number of benzene rings is 2. The zero-order chi connectivity index (χ0) is 17.5. The van der Waals surface area contributed by atoms with Gasteiger partial charge in [0.05, 0.1) is 11.4 Å². The topological polar surface area (TPSA) is 42.0 Å². The maximum Gasteiger partial charge on any atom is 0.230 e. The highest BCUT2D eigenvalue weighted by atomic mass is 32.2. The van der Waals surface area contributed by atoms with Crippen LogP contribution in [-0.2, 0) is 11.2 Å². The van der Waals surface area contributed by atoms with E-state index in [0.717, 1.165) is 15.6 Å². The number of hydrogen-bond acceptors (Lipinski definition) is 4. The molecule has 1 heterocycles. The van der Waals surface area contributed by atoms with Gasteiger partial charge in [-0.2, -0.15) is 0 Å². The Labute approximate surface area is 154 Å². The Morgan fingerprint density at radius 2 is 1.88 bits per heavy atom. The molecule has 6 heteroatoms. The second-order valence-corrected chi connectivity index (χ2v) is 7.43. The molecule has 0 saturated heterocycles. The van der Waals surface area contributed by atoms with Crippen molar-refractivity contribution in [1.82, 2.24) is 10.3 Å². The molecule has 128 valence electrons. The van der Waals surface area contributed by atoms with Gasteiger partial charge in [-0.15, -0.1) is 11.3 Å². The van der Waals surface area contributed by atoms with Crippen molar-refractivity contribution in [2.45, 2.75) is 10.8 Å². The third kappa shape index (κ3) is 5.14. The third-order valence-electron chi connectivity index (χ3n) is 3.55. The van der Waals surface area contributed by atoms with Crippen molar-refractivity contribution in [2.24, 2.45) is 0 Å². The van der Waals surface area contributed by atoms with E-state index in [1.807, 2.05) is 35.7 Å². The quantitative estimate of drug-likeness (QED) is 0.625. The summed E-state index contributed by atoms with van der Waals surface area (Å²) in [4.78, 5) is 16.5. The minimum atomic E-state index is -0.234. The van der Waals surface area contributed by atoms with Crippen molar-refractivity contribution in [3.05, 3.63) is 71.4 Å². The van der Waals surface area contributed by atoms with Gasteiger partial charge in [-0.3, -0.25) is 4.79 Å². The molecule has 3 nitrogen and oxygen atoms in total. The predicted octanol–water partition coefficient (Wildman–Crippen LogP) is 4.40. The molecule has 0 unspecified atom stereocenters. The SMILES string of the molecule is O=C(CSc1nc(-c2ccccc2)cs1)NCCc1ccccc1F. The summed E-state index contributed by atoms with van der Waals surface area (Å²) in [5.41, 5.74) is 2.61. The molecule has 0 aliphatic rings. The third-order valence-corrected chi connectivity index (χ3v) is 5.57. The zero-order valence-corrected chi connectivity index (χ0v) is 15.1. The van der Waals surface area contributed by atoms with E-state index < -0.39 is 0 Å². The van der Waals surface area contributed by atoms with Crippen LogP contribution in [0.1, 0.15) is 5.56 Å². The zero-order valence-electron chi connectivity index (χ0n) is 13.4. The molecule has 0 fully saturated rings. The Kier molecular flexibility index (Phi) is 6.19. The molecule has 1 N–H and O–H groups in total. The summed E-state index contributed by atoms with van der Waals surface area (Å²) in [6, 6.07) is 16.6. The smallest absolute Gasteiger partial charge is 0.230 e. The average molecular weight is 372 g/mol. The first-order chi connectivity index (χ1) is 12.2. The minimum Gasteiger partial charge on any atom is -0.355 e. The van der Waals surface area contributed by atoms with E-state index in [9.17, 15) is 9.18 Å². The van der Waals surface area contributed by atoms with Crippen molar-refractivity contribution >= 4 is 29.0 Å². The molecular weight excluding hydrogens is 355 g/mol. The molecule has 25 heavy (non-hydrogen) atoms. The highest BCUT2D eigenvalue weighted by Gasteiger charge is 2.08. The van der Waals surface area contributed by atoms with Crippen LogP contribution >= 0.6 is 23.1 Å². The van der Waals surface area contributed by atoms with Crippen LogP contribution in [0.3, 0.4) is 0 Å². The normalized spacial score (nSPS) is 10.6. The lowest BCUT2D eigenvalue weighted by atomic mass is 10.1. The van der Waals surface area contributed by atoms with Gasteiger partial charge in [0, 0.05) is 17.5 Å². The fraction of sp³-hybridized carbons (Fsp3) is 0.158. The first-order valence-corrected chi connectivity index (χ1v) is 9.73. The number of carbonyl (C=O) groups excluding carboxylic acids is 1. The van der Waals surface area contributed by atoms with Crippen molar-refractivity contribution < 1.29 is 9.18 Å². The summed E-state index contributed by atoms with van der Waals surface area (Å²) < 4.78 is 14.4. The molecule has 2 aromatic carbocycles. The molecule has 0 radical (unpaired) electrons. The van der Waals surface area contributed by atoms with Gasteiger partial charge in [0.25, 0.3) is 0 Å². The predicted molar refractivity (Wildman–Crippen MR) is 101 cm³/mol. The van der Waals surface area contributed by atoms with Crippen molar-refractivity contribution in [3.63, 3.8) is 0 Å². The van der Waals surface area contributed by atoms with Crippen LogP contribution in [0.4, 0.5) is 4.39 Å². The standard InChI is InChI=1S/C19H17FN2OS2/c20-16-9-5-4-6-14(16)10-11-21-18(23)13-25-19-22-17(12-24-19)15-7-2-1-3-8-15/h1-9,12H,10-11,13H2,(H,21,23). The van der Waals surface area contributed by atoms with E-state index in [0.29, 0.717) is 24.3 Å². The molecule has 3 aromatic rings. The van der Waals surface area contributed by atoms with Gasteiger partial charge in [-0.25, -0.2) is 9.37 Å². The highest BCUT2D eigenvalue weighted by Crippen LogP contribution is 2.27. The van der Waals surface area contributed by atoms with E-state index in [2.05, 4.69) is 10.3 Å². The molecular formula is C19H17FN2OS2. The molecule has 1 aromatic heterocycles. The fourth-order valence-corrected chi connectivity index (χ4v) is 3.95. The highest BCUT2D eigenvalue weighted by molar-refractivity contribution is 8.01. The molecule has 3 rings (SSSR count). The number of nitrogens with one attached hydrogen (secondary N) is 1. The molecule has 0 bridgehead atoms. The first-order valence-electron chi connectivity index (χ1n) is 7.86. The van der Waals surface area contributed by atoms with Crippen LogP contribution in [0.2, 0.25) is 0 Å². The van der Waals surface area contributed by atoms with Gasteiger partial charge in [0.2, 0.25) is 5.91 Å². The molecule has 0 aliphatic carbocycles. The molecule has 0 saturated carbocycles. The maximum absolute atomic E-state index is 13.5. The summed E-state index contributed by atoms with van der Waals surface area (Å²) in [6.45, 7) is 0.424. The summed E-state index contributed by atoms with van der Waals surface area (Å²) in [5.74, 6) is -0.000837. The van der Waals surface area contributed by atoms with E-state index in [4.69, 9.17) is 0 Å². The van der Waals surface area contributed by atoms with Gasteiger partial charge < -0.3 is 5.32 Å². The van der Waals surface area contributed by atoms with Gasteiger partial charge in [0.1, 0.15) is 5.82 Å². The Balaban J connectivity index is 1.44. The van der Waals surface area contributed by atoms with Crippen LogP contribution in [0.15, 0.2) is 64.3 Å². The fourth-order valence-electron chi connectivity index (χ4n) is 2.28. The maximum atomic E-state index is 13.5. The Hall–Kier alpha value is -2.18. The number of rotatable bonds is 7. The van der Waals surface area contributed by atoms with Crippen LogP contribution in [-0.4, -0.2) is 23.2 Å². The van der Waals surface area contributed by atoms with Crippen molar-refractivity contribution in [1.29, 1.82) is 0 Å². The molecule has 0 aliphatic heterocycles. The second-order valence-electron chi connectivity index (χ2n) is 5.34. The van der Waals surface area contributed by atoms with Gasteiger partial charge in [-0.05, 0) is 18.1 Å². The van der Waals surface area contributed by atoms with E-state index in [1.54, 1.807) is 18.2 Å². The van der Waals surface area contributed by atoms with Gasteiger partial charge in [-0.1, -0.05) is 60.3 Å². The number of amides is 1. The largest absolute Gasteiger partial charge is 0.355 e. The monoisotopic (exact) mass is 372 g/mol. The van der Waals surface area contributed by atoms with E-state index >= 15 is 0 Å². The van der Waals surface area contributed by atoms with Gasteiger partial charge >= 0.3 is 0 Å². The lowest BCUT2D eigenvalue weighted by Gasteiger charge is -2.05. The van der Waals surface area contributed by atoms with E-state index in [-0.39, 0.29) is 11.7 Å². The number of thiazole rings is 1. The van der Waals surface area contributed by atoms with Crippen molar-refractivity contribution in [2.75, 3.05) is 12.3 Å². The van der Waals surface area contributed by atoms with Crippen molar-refractivity contribution in [3.8, 4) is 11.3 Å². The minimum absolute atomic E-state index is 0.0715. The van der Waals surface area contributed by atoms with Crippen LogP contribution < -0.4 is 5.32 Å². The number of nitrogens with zero attached hydrogens (tertiary/aromatic N) is 1. The Morgan fingerprint density at radius 1 is 1.12 bits per heavy atom. The molecule has 0 atom stereocenters. The number of halogens is 1. The average Bonchev–Trinajstić information content (AvgIpc) is 3.11. The second kappa shape index (κ2) is 8.78. The Bertz CT molecular complexity index is 836. The first kappa shape index (κ1) is 17.6.